The van der Waals surface area contributed by atoms with Gasteiger partial charge in [0.2, 0.25) is 5.95 Å². The number of aromatic nitrogens is 2. The molecule has 0 spiro atoms. The average Bonchev–Trinajstić information content (AvgIpc) is 2.71. The molecule has 6 nitrogen and oxygen atoms in total. The second-order valence-electron chi connectivity index (χ2n) is 6.97. The zero-order chi connectivity index (χ0) is 24.9. The van der Waals surface area contributed by atoms with E-state index in [1.807, 2.05) is 0 Å². The third kappa shape index (κ3) is 7.99. The zero-order valence-corrected chi connectivity index (χ0v) is 18.2. The molecule has 2 aromatic carbocycles. The first-order valence-corrected chi connectivity index (χ1v) is 10.5. The molecule has 0 aliphatic carbocycles. The van der Waals surface area contributed by atoms with Crippen LogP contribution < -0.4 is 15.4 Å². The van der Waals surface area contributed by atoms with Crippen molar-refractivity contribution >= 4 is 29.2 Å². The van der Waals surface area contributed by atoms with E-state index in [-0.39, 0.29) is 46.3 Å². The van der Waals surface area contributed by atoms with Gasteiger partial charge in [-0.2, -0.15) is 18.2 Å². The molecule has 3 rings (SSSR count). The molecule has 0 radical (unpaired) electrons. The molecule has 0 fully saturated rings. The Morgan fingerprint density at radius 2 is 1.74 bits per heavy atom. The Morgan fingerprint density at radius 3 is 2.41 bits per heavy atom. The van der Waals surface area contributed by atoms with Crippen molar-refractivity contribution in [3.63, 3.8) is 0 Å². The quantitative estimate of drug-likeness (QED) is 0.249. The van der Waals surface area contributed by atoms with Gasteiger partial charge < -0.3 is 20.5 Å². The molecule has 1 atom stereocenters. The first-order chi connectivity index (χ1) is 15.9. The Morgan fingerprint density at radius 1 is 1.00 bits per heavy atom. The van der Waals surface area contributed by atoms with E-state index in [4.69, 9.17) is 0 Å². The number of aliphatic hydroxyl groups excluding tert-OH is 1. The van der Waals surface area contributed by atoms with Crippen molar-refractivity contribution in [1.82, 2.24) is 9.97 Å². The fourth-order valence-corrected chi connectivity index (χ4v) is 3.36. The molecule has 34 heavy (non-hydrogen) atoms. The Hall–Kier alpha value is -3.19. The number of halogens is 6. The minimum atomic E-state index is -4.88. The Bertz CT molecular complexity index is 1130. The highest BCUT2D eigenvalue weighted by Crippen LogP contribution is 2.38. The lowest BCUT2D eigenvalue weighted by Crippen LogP contribution is -2.21. The number of rotatable bonds is 8. The average molecular weight is 504 g/mol. The van der Waals surface area contributed by atoms with Crippen LogP contribution in [0.25, 0.3) is 11.3 Å². The van der Waals surface area contributed by atoms with Crippen molar-refractivity contribution in [1.29, 1.82) is 0 Å². The number of ether oxygens (including phenoxy) is 1. The number of benzene rings is 2. The molecule has 0 saturated heterocycles. The molecule has 3 aromatic rings. The van der Waals surface area contributed by atoms with Gasteiger partial charge in [-0.15, -0.1) is 13.2 Å². The van der Waals surface area contributed by atoms with Crippen LogP contribution >= 0.6 is 11.8 Å². The Labute approximate surface area is 194 Å². The third-order valence-corrected chi connectivity index (χ3v) is 4.80. The molecule has 13 heteroatoms. The first kappa shape index (κ1) is 25.4. The van der Waals surface area contributed by atoms with Crippen LogP contribution in [-0.4, -0.2) is 39.6 Å². The van der Waals surface area contributed by atoms with Crippen molar-refractivity contribution in [3.8, 4) is 17.0 Å². The van der Waals surface area contributed by atoms with E-state index >= 15 is 0 Å². The lowest BCUT2D eigenvalue weighted by Gasteiger charge is -2.15. The molecule has 1 heterocycles. The summed E-state index contributed by atoms with van der Waals surface area (Å²) in [6.45, 7) is 1.40. The lowest BCUT2D eigenvalue weighted by molar-refractivity contribution is -0.274. The van der Waals surface area contributed by atoms with E-state index in [1.54, 1.807) is 6.92 Å². The van der Waals surface area contributed by atoms with Crippen LogP contribution in [0.15, 0.2) is 59.5 Å². The summed E-state index contributed by atoms with van der Waals surface area (Å²) in [5.74, 6) is -0.244. The van der Waals surface area contributed by atoms with Gasteiger partial charge in [-0.05, 0) is 49.0 Å². The number of alkyl halides is 6. The van der Waals surface area contributed by atoms with Gasteiger partial charge in [0.15, 0.2) is 0 Å². The van der Waals surface area contributed by atoms with E-state index in [9.17, 15) is 31.4 Å². The third-order valence-electron chi connectivity index (χ3n) is 4.08. The summed E-state index contributed by atoms with van der Waals surface area (Å²) in [6, 6.07) is 11.7. The second-order valence-corrected chi connectivity index (χ2v) is 8.10. The number of hydrogen-bond donors (Lipinski definition) is 3. The van der Waals surface area contributed by atoms with Crippen molar-refractivity contribution in [2.75, 3.05) is 17.2 Å². The maximum Gasteiger partial charge on any atom is 0.573 e. The summed E-state index contributed by atoms with van der Waals surface area (Å²) < 4.78 is 79.8. The van der Waals surface area contributed by atoms with Crippen LogP contribution in [0.2, 0.25) is 0 Å². The summed E-state index contributed by atoms with van der Waals surface area (Å²) in [5, 5.41) is 15.0. The smallest absolute Gasteiger partial charge is 0.406 e. The molecule has 1 aromatic heterocycles. The highest BCUT2D eigenvalue weighted by Gasteiger charge is 2.31. The molecule has 0 amide bonds. The summed E-state index contributed by atoms with van der Waals surface area (Å²) in [5.41, 5.74) is -3.68. The molecule has 0 aliphatic rings. The van der Waals surface area contributed by atoms with Crippen molar-refractivity contribution < 1.29 is 36.2 Å². The zero-order valence-electron chi connectivity index (χ0n) is 17.4. The van der Waals surface area contributed by atoms with Gasteiger partial charge in [0.25, 0.3) is 0 Å². The molecule has 0 aliphatic heterocycles. The number of hydrogen-bond acceptors (Lipinski definition) is 7. The van der Waals surface area contributed by atoms with Crippen molar-refractivity contribution in [3.05, 3.63) is 54.6 Å². The fraction of sp³-hybridized carbons (Fsp3) is 0.238. The molecule has 0 bridgehead atoms. The first-order valence-electron chi connectivity index (χ1n) is 9.66. The maximum atomic E-state index is 12.7. The summed E-state index contributed by atoms with van der Waals surface area (Å²) in [4.78, 5) is 8.47. The predicted octanol–water partition coefficient (Wildman–Crippen LogP) is 6.19. The highest BCUT2D eigenvalue weighted by atomic mass is 32.2. The van der Waals surface area contributed by atoms with Crippen LogP contribution in [-0.2, 0) is 0 Å². The van der Waals surface area contributed by atoms with Gasteiger partial charge in [-0.25, -0.2) is 4.98 Å². The SMILES string of the molecule is C[C@H](CO)Nc1nc(Nc2cccc(SC(F)(F)F)c2)cc(-c2cccc(OC(F)(F)F)c2)n1. The molecule has 3 N–H and O–H groups in total. The van der Waals surface area contributed by atoms with Crippen LogP contribution in [0.1, 0.15) is 6.92 Å². The number of nitrogens with zero attached hydrogens (tertiary/aromatic N) is 2. The predicted molar refractivity (Wildman–Crippen MR) is 116 cm³/mol. The largest absolute Gasteiger partial charge is 0.573 e. The number of thioether (sulfide) groups is 1. The van der Waals surface area contributed by atoms with Crippen LogP contribution in [0.3, 0.4) is 0 Å². The molecule has 0 unspecified atom stereocenters. The van der Waals surface area contributed by atoms with Gasteiger partial charge in [-0.1, -0.05) is 18.2 Å². The second kappa shape index (κ2) is 10.4. The van der Waals surface area contributed by atoms with E-state index in [2.05, 4.69) is 25.3 Å². The maximum absolute atomic E-state index is 12.7. The van der Waals surface area contributed by atoms with Crippen molar-refractivity contribution in [2.24, 2.45) is 0 Å². The highest BCUT2D eigenvalue weighted by molar-refractivity contribution is 8.00. The fourth-order valence-electron chi connectivity index (χ4n) is 2.76. The lowest BCUT2D eigenvalue weighted by atomic mass is 10.1. The van der Waals surface area contributed by atoms with Crippen LogP contribution in [0.5, 0.6) is 5.75 Å². The molecular formula is C21H18F6N4O2S. The Balaban J connectivity index is 1.96. The monoisotopic (exact) mass is 504 g/mol. The standard InChI is InChI=1S/C21H18F6N4O2S/c1-12(11-32)28-19-30-17(13-4-2-6-15(8-13)33-20(22,23)24)10-18(31-19)29-14-5-3-7-16(9-14)34-21(25,26)27/h2-10,12,32H,11H2,1H3,(H2,28,29,30,31)/t12-/m1/s1. The van der Waals surface area contributed by atoms with Gasteiger partial charge in [0.05, 0.1) is 12.3 Å². The summed E-state index contributed by atoms with van der Waals surface area (Å²) >= 11 is -0.273. The van der Waals surface area contributed by atoms with Gasteiger partial charge >= 0.3 is 11.9 Å². The van der Waals surface area contributed by atoms with E-state index < -0.39 is 23.7 Å². The topological polar surface area (TPSA) is 79.3 Å². The normalized spacial score (nSPS) is 12.8. The molecule has 182 valence electrons. The van der Waals surface area contributed by atoms with Gasteiger partial charge in [0.1, 0.15) is 11.6 Å². The number of nitrogens with one attached hydrogen (secondary N) is 2. The van der Waals surface area contributed by atoms with Crippen LogP contribution in [0, 0.1) is 0 Å². The molecular weight excluding hydrogens is 486 g/mol. The van der Waals surface area contributed by atoms with E-state index in [0.717, 1.165) is 12.1 Å². The Kier molecular flexibility index (Phi) is 7.77. The minimum absolute atomic E-state index is 0.0453. The molecule has 0 saturated carbocycles. The van der Waals surface area contributed by atoms with E-state index in [1.165, 1.54) is 42.5 Å². The van der Waals surface area contributed by atoms with Crippen LogP contribution in [0.4, 0.5) is 43.8 Å². The summed E-state index contributed by atoms with van der Waals surface area (Å²) in [7, 11) is 0. The number of aliphatic hydroxyl groups is 1. The minimum Gasteiger partial charge on any atom is -0.406 e. The van der Waals surface area contributed by atoms with E-state index in [0.29, 0.717) is 5.69 Å². The summed E-state index contributed by atoms with van der Waals surface area (Å²) in [6.07, 6.45) is -4.88. The number of anilines is 3. The van der Waals surface area contributed by atoms with Gasteiger partial charge in [0, 0.05) is 28.3 Å². The van der Waals surface area contributed by atoms with Crippen molar-refractivity contribution in [2.45, 2.75) is 29.7 Å². The van der Waals surface area contributed by atoms with Gasteiger partial charge in [-0.3, -0.25) is 0 Å².